The normalized spacial score (nSPS) is 16.3. The van der Waals surface area contributed by atoms with Crippen LogP contribution < -0.4 is 10.6 Å². The van der Waals surface area contributed by atoms with Crippen molar-refractivity contribution in [3.8, 4) is 0 Å². The Kier molecular flexibility index (Phi) is 7.07. The zero-order valence-corrected chi connectivity index (χ0v) is 17.7. The third kappa shape index (κ3) is 5.37. The van der Waals surface area contributed by atoms with E-state index in [1.807, 2.05) is 30.5 Å². The van der Waals surface area contributed by atoms with Crippen LogP contribution in [0.4, 0.5) is 4.39 Å². The molecule has 2 N–H and O–H groups in total. The van der Waals surface area contributed by atoms with Gasteiger partial charge in [0.05, 0.1) is 24.8 Å². The van der Waals surface area contributed by atoms with E-state index in [1.54, 1.807) is 7.05 Å². The van der Waals surface area contributed by atoms with Crippen molar-refractivity contribution in [2.75, 3.05) is 39.9 Å². The average molecular weight is 422 g/mol. The van der Waals surface area contributed by atoms with Crippen LogP contribution in [-0.2, 0) is 11.3 Å². The van der Waals surface area contributed by atoms with Gasteiger partial charge in [-0.2, -0.15) is 0 Å². The summed E-state index contributed by atoms with van der Waals surface area (Å²) >= 11 is 0. The monoisotopic (exact) mass is 421 g/mol. The van der Waals surface area contributed by atoms with Gasteiger partial charge in [0.25, 0.3) is 0 Å². The average Bonchev–Trinajstić information content (AvgIpc) is 2.83. The van der Waals surface area contributed by atoms with Gasteiger partial charge in [-0.3, -0.25) is 14.9 Å². The van der Waals surface area contributed by atoms with Crippen molar-refractivity contribution < 1.29 is 9.13 Å². The van der Waals surface area contributed by atoms with Crippen molar-refractivity contribution in [3.05, 3.63) is 77.7 Å². The van der Waals surface area contributed by atoms with Gasteiger partial charge in [0, 0.05) is 44.8 Å². The van der Waals surface area contributed by atoms with Gasteiger partial charge in [0.2, 0.25) is 0 Å². The second-order valence-electron chi connectivity index (χ2n) is 7.51. The molecular formula is C24H28FN5O. The number of nitrogens with zero attached hydrogens (tertiary/aromatic N) is 3. The Morgan fingerprint density at radius 1 is 1.10 bits per heavy atom. The molecule has 1 aliphatic heterocycles. The molecule has 3 aromatic rings. The molecule has 0 saturated carbocycles. The van der Waals surface area contributed by atoms with Crippen LogP contribution >= 0.6 is 0 Å². The molecule has 1 aromatic heterocycles. The Labute approximate surface area is 182 Å². The topological polar surface area (TPSA) is 61.8 Å². The molecule has 0 bridgehead atoms. The summed E-state index contributed by atoms with van der Waals surface area (Å²) in [5.41, 5.74) is 3.18. The highest BCUT2D eigenvalue weighted by molar-refractivity contribution is 5.83. The first-order chi connectivity index (χ1) is 15.2. The summed E-state index contributed by atoms with van der Waals surface area (Å²) in [5.74, 6) is 0.493. The van der Waals surface area contributed by atoms with Crippen molar-refractivity contribution in [3.63, 3.8) is 0 Å². The molecule has 1 aliphatic rings. The number of guanidine groups is 1. The summed E-state index contributed by atoms with van der Waals surface area (Å²) in [6.07, 6.45) is 1.81. The molecule has 162 valence electrons. The maximum absolute atomic E-state index is 13.5. The van der Waals surface area contributed by atoms with Crippen LogP contribution in [0.15, 0.2) is 65.8 Å². The molecule has 31 heavy (non-hydrogen) atoms. The Balaban J connectivity index is 1.43. The molecule has 6 nitrogen and oxygen atoms in total. The molecule has 0 radical (unpaired) electrons. The first kappa shape index (κ1) is 21.2. The van der Waals surface area contributed by atoms with E-state index in [2.05, 4.69) is 43.7 Å². The summed E-state index contributed by atoms with van der Waals surface area (Å²) in [7, 11) is 1.76. The number of fused-ring (bicyclic) bond motifs is 1. The SMILES string of the molecule is CN=C(NCc1cccc2cccnc12)NCC(c1ccc(F)cc1)N1CCOCC1. The highest BCUT2D eigenvalue weighted by Gasteiger charge is 2.23. The molecule has 1 unspecified atom stereocenters. The molecule has 2 aromatic carbocycles. The molecule has 1 saturated heterocycles. The number of aromatic nitrogens is 1. The lowest BCUT2D eigenvalue weighted by atomic mass is 10.0. The van der Waals surface area contributed by atoms with Gasteiger partial charge in [-0.05, 0) is 29.3 Å². The summed E-state index contributed by atoms with van der Waals surface area (Å²) in [4.78, 5) is 11.3. The minimum absolute atomic E-state index is 0.0993. The van der Waals surface area contributed by atoms with Crippen molar-refractivity contribution in [1.82, 2.24) is 20.5 Å². The molecule has 1 atom stereocenters. The van der Waals surface area contributed by atoms with Gasteiger partial charge < -0.3 is 15.4 Å². The first-order valence-corrected chi connectivity index (χ1v) is 10.6. The predicted octanol–water partition coefficient (Wildman–Crippen LogP) is 3.11. The molecule has 7 heteroatoms. The maximum atomic E-state index is 13.5. The zero-order valence-electron chi connectivity index (χ0n) is 17.7. The number of ether oxygens (including phenoxy) is 1. The van der Waals surface area contributed by atoms with Crippen molar-refractivity contribution in [2.45, 2.75) is 12.6 Å². The summed E-state index contributed by atoms with van der Waals surface area (Å²) in [6.45, 7) is 4.37. The van der Waals surface area contributed by atoms with Gasteiger partial charge in [-0.15, -0.1) is 0 Å². The fraction of sp³-hybridized carbons (Fsp3) is 0.333. The van der Waals surface area contributed by atoms with E-state index >= 15 is 0 Å². The van der Waals surface area contributed by atoms with Gasteiger partial charge >= 0.3 is 0 Å². The maximum Gasteiger partial charge on any atom is 0.191 e. The van der Waals surface area contributed by atoms with Crippen LogP contribution in [-0.4, -0.2) is 55.7 Å². The number of nitrogens with one attached hydrogen (secondary N) is 2. The van der Waals surface area contributed by atoms with Gasteiger partial charge in [0.15, 0.2) is 5.96 Å². The molecule has 0 amide bonds. The number of hydrogen-bond donors (Lipinski definition) is 2. The summed E-state index contributed by atoms with van der Waals surface area (Å²) in [5, 5.41) is 7.95. The third-order valence-electron chi connectivity index (χ3n) is 5.59. The lowest BCUT2D eigenvalue weighted by Crippen LogP contribution is -2.46. The predicted molar refractivity (Wildman–Crippen MR) is 121 cm³/mol. The number of hydrogen-bond acceptors (Lipinski definition) is 4. The Morgan fingerprint density at radius 2 is 1.87 bits per heavy atom. The summed E-state index contributed by atoms with van der Waals surface area (Å²) < 4.78 is 19.0. The van der Waals surface area contributed by atoms with Gasteiger partial charge in [-0.1, -0.05) is 36.4 Å². The molecule has 0 spiro atoms. The fourth-order valence-corrected chi connectivity index (χ4v) is 3.93. The minimum Gasteiger partial charge on any atom is -0.379 e. The van der Waals surface area contributed by atoms with E-state index in [9.17, 15) is 4.39 Å². The van der Waals surface area contributed by atoms with E-state index in [-0.39, 0.29) is 11.9 Å². The fourth-order valence-electron chi connectivity index (χ4n) is 3.93. The molecule has 2 heterocycles. The second kappa shape index (κ2) is 10.3. The quantitative estimate of drug-likeness (QED) is 0.473. The first-order valence-electron chi connectivity index (χ1n) is 10.6. The summed E-state index contributed by atoms with van der Waals surface area (Å²) in [6, 6.07) is 17.0. The minimum atomic E-state index is -0.224. The van der Waals surface area contributed by atoms with Gasteiger partial charge in [0.1, 0.15) is 5.82 Å². The van der Waals surface area contributed by atoms with Crippen LogP contribution in [0.1, 0.15) is 17.2 Å². The Bertz CT molecular complexity index is 1010. The lowest BCUT2D eigenvalue weighted by Gasteiger charge is -2.35. The molecule has 0 aliphatic carbocycles. The van der Waals surface area contributed by atoms with Crippen LogP contribution in [0, 0.1) is 5.82 Å². The number of para-hydroxylation sites is 1. The Morgan fingerprint density at radius 3 is 2.65 bits per heavy atom. The molecule has 4 rings (SSSR count). The molecule has 1 fully saturated rings. The number of rotatable bonds is 6. The number of aliphatic imine (C=N–C) groups is 1. The van der Waals surface area contributed by atoms with Crippen LogP contribution in [0.25, 0.3) is 10.9 Å². The van der Waals surface area contributed by atoms with E-state index in [0.717, 1.165) is 35.1 Å². The van der Waals surface area contributed by atoms with E-state index < -0.39 is 0 Å². The highest BCUT2D eigenvalue weighted by Crippen LogP contribution is 2.22. The molecular weight excluding hydrogens is 393 g/mol. The standard InChI is InChI=1S/C24H28FN5O/c1-26-24(28-16-20-5-2-4-19-6-3-11-27-23(19)20)29-17-22(30-12-14-31-15-13-30)18-7-9-21(25)10-8-18/h2-11,22H,12-17H2,1H3,(H2,26,28,29). The van der Waals surface area contributed by atoms with Crippen LogP contribution in [0.5, 0.6) is 0 Å². The zero-order chi connectivity index (χ0) is 21.5. The Hall–Kier alpha value is -3.03. The number of pyridine rings is 1. The third-order valence-corrected chi connectivity index (χ3v) is 5.59. The second-order valence-corrected chi connectivity index (χ2v) is 7.51. The van der Waals surface area contributed by atoms with Gasteiger partial charge in [-0.25, -0.2) is 4.39 Å². The van der Waals surface area contributed by atoms with Crippen molar-refractivity contribution >= 4 is 16.9 Å². The van der Waals surface area contributed by atoms with Crippen LogP contribution in [0.2, 0.25) is 0 Å². The highest BCUT2D eigenvalue weighted by atomic mass is 19.1. The number of benzene rings is 2. The largest absolute Gasteiger partial charge is 0.379 e. The van der Waals surface area contributed by atoms with Crippen molar-refractivity contribution in [1.29, 1.82) is 0 Å². The number of halogens is 1. The van der Waals surface area contributed by atoms with E-state index in [4.69, 9.17) is 4.74 Å². The lowest BCUT2D eigenvalue weighted by molar-refractivity contribution is 0.0170. The van der Waals surface area contributed by atoms with Crippen molar-refractivity contribution in [2.24, 2.45) is 4.99 Å². The van der Waals surface area contributed by atoms with Crippen LogP contribution in [0.3, 0.4) is 0 Å². The van der Waals surface area contributed by atoms with E-state index in [0.29, 0.717) is 32.3 Å². The smallest absolute Gasteiger partial charge is 0.191 e. The van der Waals surface area contributed by atoms with E-state index in [1.165, 1.54) is 12.1 Å². The number of morpholine rings is 1.